The smallest absolute Gasteiger partial charge is 0.180 e. The molecule has 11 heterocycles. The van der Waals surface area contributed by atoms with Crippen LogP contribution in [0.1, 0.15) is 232 Å². The molecule has 0 aromatic carbocycles. The zero-order valence-electron chi connectivity index (χ0n) is 55.2. The van der Waals surface area contributed by atoms with Crippen LogP contribution in [0.4, 0.5) is 8.78 Å². The van der Waals surface area contributed by atoms with Gasteiger partial charge in [0.15, 0.2) is 10.3 Å². The van der Waals surface area contributed by atoms with Crippen LogP contribution in [-0.4, -0.2) is 35.5 Å². The van der Waals surface area contributed by atoms with Crippen LogP contribution in [0.3, 0.4) is 0 Å². The van der Waals surface area contributed by atoms with Crippen LogP contribution in [0.15, 0.2) is 48.8 Å². The summed E-state index contributed by atoms with van der Waals surface area (Å²) in [5.74, 6) is 1.26. The SMILES string of the molecule is CCCCCCc1cc(-c2sc(-c3cnc(-c4cc5c(s4)-c4sc(-c6ncc(-c7cc(CCCCCC)c(-c8cc(CCCCCC)c(F)s8)s7)c7nsnc67)cc4[Si]5(CC(CC)CCCC)CC(CC)CCCC)c4nsnc34)cc2CCCCCC)sc1F. The van der Waals surface area contributed by atoms with Crippen molar-refractivity contribution < 1.29 is 8.78 Å². The van der Waals surface area contributed by atoms with Gasteiger partial charge in [-0.25, -0.2) is 0 Å². The van der Waals surface area contributed by atoms with E-state index >= 15 is 8.78 Å². The number of aryl methyl sites for hydroxylation is 4. The Morgan fingerprint density at radius 2 is 0.714 bits per heavy atom. The van der Waals surface area contributed by atoms with Gasteiger partial charge in [-0.05, 0) is 144 Å². The first-order valence-corrected chi connectivity index (χ1v) is 43.7. The summed E-state index contributed by atoms with van der Waals surface area (Å²) >= 11 is 12.6. The first-order chi connectivity index (χ1) is 44.6. The van der Waals surface area contributed by atoms with Crippen LogP contribution in [0.5, 0.6) is 0 Å². The van der Waals surface area contributed by atoms with Gasteiger partial charge in [0.05, 0.1) is 33.2 Å². The quantitative estimate of drug-likeness (QED) is 0.0283. The predicted molar refractivity (Wildman–Crippen MR) is 402 cm³/mol. The average Bonchev–Trinajstić information content (AvgIpc) is 1.54. The number of hydrogen-bond acceptors (Lipinski definition) is 14. The van der Waals surface area contributed by atoms with Crippen LogP contribution < -0.4 is 10.4 Å². The van der Waals surface area contributed by atoms with Crippen molar-refractivity contribution >= 4 is 132 Å². The molecule has 0 saturated carbocycles. The van der Waals surface area contributed by atoms with Gasteiger partial charge in [-0.3, -0.25) is 9.97 Å². The van der Waals surface area contributed by atoms with Crippen molar-refractivity contribution in [1.29, 1.82) is 0 Å². The number of fused-ring (bicyclic) bond motifs is 5. The lowest BCUT2D eigenvalue weighted by atomic mass is 10.0. The number of unbranched alkanes of at least 4 members (excludes halogenated alkanes) is 14. The van der Waals surface area contributed by atoms with Crippen LogP contribution in [0, 0.1) is 22.1 Å². The molecule has 1 aliphatic heterocycles. The highest BCUT2D eigenvalue weighted by atomic mass is 32.1. The summed E-state index contributed by atoms with van der Waals surface area (Å²) in [6.07, 6.45) is 36.0. The predicted octanol–water partition coefficient (Wildman–Crippen LogP) is 25.6. The summed E-state index contributed by atoms with van der Waals surface area (Å²) in [4.78, 5) is 22.9. The Balaban J connectivity index is 0.996. The molecule has 0 aliphatic carbocycles. The van der Waals surface area contributed by atoms with E-state index in [4.69, 9.17) is 27.5 Å². The molecule has 11 rings (SSSR count). The fourth-order valence-electron chi connectivity index (χ4n) is 14.1. The van der Waals surface area contributed by atoms with E-state index in [0.717, 1.165) is 139 Å². The fourth-order valence-corrected chi connectivity index (χ4v) is 30.2. The molecule has 0 fully saturated rings. The van der Waals surface area contributed by atoms with Gasteiger partial charge in [0, 0.05) is 62.5 Å². The second-order valence-corrected chi connectivity index (χ2v) is 37.3. The topological polar surface area (TPSA) is 77.3 Å². The van der Waals surface area contributed by atoms with Gasteiger partial charge in [-0.15, -0.1) is 68.0 Å². The molecule has 0 bridgehead atoms. The second kappa shape index (κ2) is 32.8. The Bertz CT molecular complexity index is 3710. The standard InChI is InChI=1S/C74H94F2N6S8Si/c1-9-17-23-27-33-49-37-55(83-69(49)59-39-51(73(75)87-59)35-29-25-19-11-3)53-43-77-65(67-63(53)79-89-81-67)57-41-61-71(85-57)72-62(91(61,45-47(15-7)31-21-13-5)46-48(16-8)32-22-14-6)42-58(86-72)66-68-64(80-90-82-68)54(44-78-66)56-38-50(34-28-24-18-10-2)70(84-56)60-40-52(74(76)88-60)36-30-26-20-12-4/h37-44,47-48H,9-36,45-46H2,1-8H3. The summed E-state index contributed by atoms with van der Waals surface area (Å²) in [5.41, 5.74) is 11.8. The van der Waals surface area contributed by atoms with Crippen molar-refractivity contribution in [2.24, 2.45) is 11.8 Å². The maximum Gasteiger partial charge on any atom is 0.180 e. The molecule has 0 saturated heterocycles. The van der Waals surface area contributed by atoms with Crippen molar-refractivity contribution in [3.8, 4) is 71.3 Å². The third-order valence-electron chi connectivity index (χ3n) is 19.4. The first kappa shape index (κ1) is 68.6. The lowest BCUT2D eigenvalue weighted by Gasteiger charge is -2.35. The van der Waals surface area contributed by atoms with Crippen LogP contribution >= 0.6 is 91.5 Å². The van der Waals surface area contributed by atoms with E-state index < -0.39 is 8.07 Å². The minimum Gasteiger partial charge on any atom is -0.252 e. The molecule has 10 aromatic rings. The number of nitrogens with zero attached hydrogens (tertiary/aromatic N) is 6. The van der Waals surface area contributed by atoms with E-state index in [-0.39, 0.29) is 10.3 Å². The molecule has 0 radical (unpaired) electrons. The largest absolute Gasteiger partial charge is 0.252 e. The molecule has 0 N–H and O–H groups in total. The van der Waals surface area contributed by atoms with Crippen LogP contribution in [0.25, 0.3) is 93.4 Å². The Hall–Kier alpha value is -3.78. The van der Waals surface area contributed by atoms with Crippen LogP contribution in [0.2, 0.25) is 12.1 Å². The monoisotopic (exact) mass is 1390 g/mol. The molecule has 10 aromatic heterocycles. The summed E-state index contributed by atoms with van der Waals surface area (Å²) in [5, 5.41) is 3.15. The molecule has 6 nitrogen and oxygen atoms in total. The Morgan fingerprint density at radius 1 is 0.363 bits per heavy atom. The maximum atomic E-state index is 15.8. The number of halogens is 2. The van der Waals surface area contributed by atoms with E-state index in [0.29, 0.717) is 11.8 Å². The number of rotatable bonds is 38. The second-order valence-electron chi connectivity index (χ2n) is 26.0. The van der Waals surface area contributed by atoms with Crippen molar-refractivity contribution in [1.82, 2.24) is 27.5 Å². The summed E-state index contributed by atoms with van der Waals surface area (Å²) in [6, 6.07) is 16.7. The highest BCUT2D eigenvalue weighted by molar-refractivity contribution is 7.32. The van der Waals surface area contributed by atoms with Crippen molar-refractivity contribution in [3.63, 3.8) is 0 Å². The lowest BCUT2D eigenvalue weighted by molar-refractivity contribution is 0.469. The number of pyridine rings is 2. The number of aromatic nitrogens is 6. The van der Waals surface area contributed by atoms with E-state index in [9.17, 15) is 0 Å². The van der Waals surface area contributed by atoms with Gasteiger partial charge in [0.25, 0.3) is 0 Å². The Labute approximate surface area is 575 Å². The minimum atomic E-state index is -2.48. The van der Waals surface area contributed by atoms with Crippen molar-refractivity contribution in [2.45, 2.75) is 247 Å². The fraction of sp³-hybridized carbons (Fsp3) is 0.541. The molecule has 2 unspecified atom stereocenters. The van der Waals surface area contributed by atoms with Crippen LogP contribution in [-0.2, 0) is 25.7 Å². The van der Waals surface area contributed by atoms with E-state index in [1.54, 1.807) is 33.0 Å². The van der Waals surface area contributed by atoms with E-state index in [2.05, 4.69) is 104 Å². The molecule has 0 spiro atoms. The highest BCUT2D eigenvalue weighted by Crippen LogP contribution is 2.52. The molecule has 91 heavy (non-hydrogen) atoms. The molecule has 1 aliphatic rings. The number of hydrogen-bond donors (Lipinski definition) is 0. The normalized spacial score (nSPS) is 13.6. The molecular formula is C74H94F2N6S8Si. The Kier molecular flexibility index (Phi) is 24.7. The zero-order chi connectivity index (χ0) is 63.4. The van der Waals surface area contributed by atoms with Gasteiger partial charge in [0.1, 0.15) is 41.5 Å². The molecule has 486 valence electrons. The summed E-state index contributed by atoms with van der Waals surface area (Å²) < 4.78 is 51.9. The van der Waals surface area contributed by atoms with Gasteiger partial charge in [-0.2, -0.15) is 26.3 Å². The number of thiophene rings is 6. The summed E-state index contributed by atoms with van der Waals surface area (Å²) in [6.45, 7) is 18.6. The first-order valence-electron chi connectivity index (χ1n) is 34.9. The maximum absolute atomic E-state index is 15.8. The Morgan fingerprint density at radius 3 is 1.09 bits per heavy atom. The zero-order valence-corrected chi connectivity index (χ0v) is 62.7. The van der Waals surface area contributed by atoms with E-state index in [1.807, 2.05) is 22.7 Å². The van der Waals surface area contributed by atoms with Gasteiger partial charge in [0.2, 0.25) is 0 Å². The molecular weight excluding hydrogens is 1300 g/mol. The third kappa shape index (κ3) is 15.3. The van der Waals surface area contributed by atoms with Crippen molar-refractivity contribution in [2.75, 3.05) is 0 Å². The minimum absolute atomic E-state index is 0.0318. The average molecular weight is 1390 g/mol. The third-order valence-corrected chi connectivity index (χ3v) is 33.4. The highest BCUT2D eigenvalue weighted by Gasteiger charge is 2.50. The van der Waals surface area contributed by atoms with E-state index in [1.165, 1.54) is 214 Å². The van der Waals surface area contributed by atoms with Gasteiger partial charge < -0.3 is 0 Å². The molecule has 0 amide bonds. The molecule has 2 atom stereocenters. The molecule has 17 heteroatoms. The summed E-state index contributed by atoms with van der Waals surface area (Å²) in [7, 11) is -2.48. The van der Waals surface area contributed by atoms with Crippen molar-refractivity contribution in [3.05, 3.63) is 81.3 Å². The van der Waals surface area contributed by atoms with Gasteiger partial charge in [-0.1, -0.05) is 184 Å². The lowest BCUT2D eigenvalue weighted by Crippen LogP contribution is -2.56. The van der Waals surface area contributed by atoms with Gasteiger partial charge >= 0.3 is 0 Å².